The summed E-state index contributed by atoms with van der Waals surface area (Å²) in [4.78, 5) is 65.3. The molecule has 0 atom stereocenters. The van der Waals surface area contributed by atoms with Gasteiger partial charge in [-0.25, -0.2) is 19.8 Å². The fourth-order valence-corrected chi connectivity index (χ4v) is 11.9. The number of aromatic nitrogens is 2. The number of amides is 4. The van der Waals surface area contributed by atoms with E-state index in [0.717, 1.165) is 76.8 Å². The van der Waals surface area contributed by atoms with Gasteiger partial charge in [0.25, 0.3) is 23.6 Å². The Kier molecular flexibility index (Phi) is 12.0. The molecule has 9 aromatic rings. The number of thiazole rings is 2. The molecule has 9 nitrogen and oxygen atoms in total. The summed E-state index contributed by atoms with van der Waals surface area (Å²) < 4.78 is 188. The number of hydrogen-bond donors (Lipinski definition) is 0. The molecule has 0 saturated heterocycles. The van der Waals surface area contributed by atoms with E-state index < -0.39 is 104 Å². The molecule has 7 aromatic carbocycles. The van der Waals surface area contributed by atoms with Crippen molar-refractivity contribution in [2.45, 2.75) is 49.4 Å². The van der Waals surface area contributed by atoms with E-state index in [9.17, 15) is 45.5 Å². The van der Waals surface area contributed by atoms with Gasteiger partial charge >= 0.3 is 24.7 Å². The summed E-state index contributed by atoms with van der Waals surface area (Å²) in [6.45, 7) is 3.38. The van der Waals surface area contributed by atoms with Crippen LogP contribution in [0, 0.1) is 13.8 Å². The highest BCUT2D eigenvalue weighted by Crippen LogP contribution is 2.59. The molecule has 2 aromatic heterocycles. The zero-order valence-electron chi connectivity index (χ0n) is 40.0. The maximum absolute atomic E-state index is 15.6. The van der Waals surface area contributed by atoms with Crippen molar-refractivity contribution in [2.24, 2.45) is 0 Å². The SMILES string of the molecule is Cc1ccc(Oc2ccc(N3C(=O)c4ccc(C(c5ccc6c(c5)C(=O)N(c5nc7cc8sc(-c9ccc(C(c%10ccc(C)cc%10)(C(F)(F)F)C(F)(F)F)cc9)nc8cc7s5)C6=O)(C(F)(F)F)C(F)(F)F)cc4C3=O)cc2)cc1. The number of benzene rings is 7. The Morgan fingerprint density at radius 2 is 0.785 bits per heavy atom. The summed E-state index contributed by atoms with van der Waals surface area (Å²) in [5, 5.41) is -0.155. The van der Waals surface area contributed by atoms with Gasteiger partial charge in [0.05, 0.1) is 48.4 Å². The maximum Gasteiger partial charge on any atom is 0.411 e. The van der Waals surface area contributed by atoms with Crippen LogP contribution in [-0.4, -0.2) is 58.3 Å². The Morgan fingerprint density at radius 1 is 0.405 bits per heavy atom. The number of fused-ring (bicyclic) bond motifs is 4. The fraction of sp³-hybridized carbons (Fsp3) is 0.143. The number of ether oxygens (including phenoxy) is 1. The van der Waals surface area contributed by atoms with E-state index >= 15 is 26.3 Å². The van der Waals surface area contributed by atoms with Gasteiger partial charge in [-0.3, -0.25) is 19.2 Å². The van der Waals surface area contributed by atoms with Crippen LogP contribution in [-0.2, 0) is 10.8 Å². The van der Waals surface area contributed by atoms with Crippen LogP contribution in [0.1, 0.15) is 74.8 Å². The summed E-state index contributed by atoms with van der Waals surface area (Å²) in [7, 11) is 0. The van der Waals surface area contributed by atoms with Crippen LogP contribution in [0.15, 0.2) is 146 Å². The van der Waals surface area contributed by atoms with Crippen LogP contribution in [0.4, 0.5) is 63.5 Å². The van der Waals surface area contributed by atoms with Gasteiger partial charge in [0.15, 0.2) is 0 Å². The Labute approximate surface area is 444 Å². The Morgan fingerprint density at radius 3 is 1.28 bits per heavy atom. The molecule has 79 heavy (non-hydrogen) atoms. The van der Waals surface area contributed by atoms with Gasteiger partial charge in [-0.1, -0.05) is 95.3 Å². The number of aryl methyl sites for hydroxylation is 2. The van der Waals surface area contributed by atoms with Gasteiger partial charge in [-0.15, -0.1) is 11.3 Å². The molecule has 0 saturated carbocycles. The molecule has 0 aliphatic carbocycles. The number of imide groups is 2. The second-order valence-electron chi connectivity index (χ2n) is 18.6. The number of anilines is 2. The lowest BCUT2D eigenvalue weighted by molar-refractivity contribution is -0.290. The minimum absolute atomic E-state index is 0.0650. The number of carbonyl (C=O) groups excluding carboxylic acids is 4. The highest BCUT2D eigenvalue weighted by Gasteiger charge is 2.74. The second kappa shape index (κ2) is 18.1. The van der Waals surface area contributed by atoms with Crippen molar-refractivity contribution < 1.29 is 76.6 Å². The van der Waals surface area contributed by atoms with E-state index in [0.29, 0.717) is 62.2 Å². The molecule has 0 radical (unpaired) electrons. The standard InChI is InChI=1S/C56H30F12N4O5S2/c1-27-3-9-30(10-4-27)51(53(57,58)59,54(60,61)62)31-11-7-29(8-12-31)45-69-41-25-44-42(26-43(41)78-45)70-50(79-44)72-47(74)38-22-14-33(24-40(38)49(72)76)52(55(63,64)65,56(66,67)68)32-13-21-37-39(23-32)48(75)71(46(37)73)34-15-19-36(20-16-34)77-35-17-5-28(2)6-18-35/h3-26H,1-2H3. The molecule has 0 spiro atoms. The number of rotatable bonds is 9. The zero-order chi connectivity index (χ0) is 56.5. The maximum atomic E-state index is 15.6. The summed E-state index contributed by atoms with van der Waals surface area (Å²) in [6, 6.07) is 25.6. The quantitative estimate of drug-likeness (QED) is 0.105. The van der Waals surface area contributed by atoms with Crippen LogP contribution in [0.2, 0.25) is 0 Å². The molecule has 11 rings (SSSR count). The van der Waals surface area contributed by atoms with E-state index in [2.05, 4.69) is 9.97 Å². The topological polar surface area (TPSA) is 110 Å². The fourth-order valence-electron chi connectivity index (χ4n) is 9.95. The van der Waals surface area contributed by atoms with Gasteiger partial charge in [-0.2, -0.15) is 52.7 Å². The Balaban J connectivity index is 0.884. The number of halogens is 12. The summed E-state index contributed by atoms with van der Waals surface area (Å²) >= 11 is 1.69. The third-order valence-corrected chi connectivity index (χ3v) is 15.9. The van der Waals surface area contributed by atoms with E-state index in [-0.39, 0.29) is 42.9 Å². The molecule has 23 heteroatoms. The molecule has 0 N–H and O–H groups in total. The zero-order valence-corrected chi connectivity index (χ0v) is 41.7. The monoisotopic (exact) mass is 1130 g/mol. The number of alkyl halides is 12. The Hall–Kier alpha value is -8.44. The second-order valence-corrected chi connectivity index (χ2v) is 20.6. The molecule has 2 aliphatic rings. The van der Waals surface area contributed by atoms with Crippen molar-refractivity contribution in [1.29, 1.82) is 0 Å². The van der Waals surface area contributed by atoms with Gasteiger partial charge in [0, 0.05) is 5.56 Å². The lowest BCUT2D eigenvalue weighted by atomic mass is 9.71. The van der Waals surface area contributed by atoms with E-state index in [1.54, 1.807) is 24.3 Å². The van der Waals surface area contributed by atoms with E-state index in [1.807, 2.05) is 6.92 Å². The molecule has 4 heterocycles. The smallest absolute Gasteiger partial charge is 0.411 e. The van der Waals surface area contributed by atoms with E-state index in [4.69, 9.17) is 4.74 Å². The number of carbonyl (C=O) groups is 4. The third-order valence-electron chi connectivity index (χ3n) is 13.8. The van der Waals surface area contributed by atoms with Crippen molar-refractivity contribution in [3.63, 3.8) is 0 Å². The summed E-state index contributed by atoms with van der Waals surface area (Å²) in [5.74, 6) is -3.97. The van der Waals surface area contributed by atoms with Crippen LogP contribution < -0.4 is 14.5 Å². The largest absolute Gasteiger partial charge is 0.457 e. The minimum atomic E-state index is -6.23. The highest BCUT2D eigenvalue weighted by atomic mass is 32.1. The van der Waals surface area contributed by atoms with Crippen LogP contribution in [0.5, 0.6) is 11.5 Å². The van der Waals surface area contributed by atoms with Crippen molar-refractivity contribution in [2.75, 3.05) is 9.80 Å². The average Bonchev–Trinajstić information content (AvgIpc) is 3.08. The van der Waals surface area contributed by atoms with Gasteiger partial charge in [0.2, 0.25) is 16.0 Å². The lowest BCUT2D eigenvalue weighted by Crippen LogP contribution is -2.55. The van der Waals surface area contributed by atoms with Gasteiger partial charge in [0.1, 0.15) is 16.5 Å². The highest BCUT2D eigenvalue weighted by molar-refractivity contribution is 7.23. The lowest BCUT2D eigenvalue weighted by Gasteiger charge is -2.38. The molecule has 0 bridgehead atoms. The first-order valence-electron chi connectivity index (χ1n) is 23.2. The molecular formula is C56H30F12N4O5S2. The van der Waals surface area contributed by atoms with Crippen LogP contribution in [0.3, 0.4) is 0 Å². The minimum Gasteiger partial charge on any atom is -0.457 e. The predicted octanol–water partition coefficient (Wildman–Crippen LogP) is 15.4. The number of hydrogen-bond acceptors (Lipinski definition) is 9. The molecule has 4 amide bonds. The van der Waals surface area contributed by atoms with Crippen molar-refractivity contribution in [3.05, 3.63) is 201 Å². The first-order chi connectivity index (χ1) is 37.1. The van der Waals surface area contributed by atoms with Gasteiger partial charge < -0.3 is 4.74 Å². The van der Waals surface area contributed by atoms with E-state index in [1.165, 1.54) is 43.3 Å². The van der Waals surface area contributed by atoms with Gasteiger partial charge in [-0.05, 0) is 109 Å². The average molecular weight is 1130 g/mol. The Bertz CT molecular complexity index is 3920. The first-order valence-corrected chi connectivity index (χ1v) is 24.8. The van der Waals surface area contributed by atoms with Crippen molar-refractivity contribution in [3.8, 4) is 22.1 Å². The number of nitrogens with zero attached hydrogens (tertiary/aromatic N) is 4. The van der Waals surface area contributed by atoms with Crippen molar-refractivity contribution >= 4 is 77.6 Å². The summed E-state index contributed by atoms with van der Waals surface area (Å²) in [5.41, 5.74) is -15.3. The molecule has 400 valence electrons. The molecule has 0 unspecified atom stereocenters. The van der Waals surface area contributed by atoms with Crippen LogP contribution in [0.25, 0.3) is 31.0 Å². The normalized spacial score (nSPS) is 14.5. The molecule has 2 aliphatic heterocycles. The predicted molar refractivity (Wildman–Crippen MR) is 268 cm³/mol. The molecule has 0 fully saturated rings. The summed E-state index contributed by atoms with van der Waals surface area (Å²) in [6.07, 6.45) is -24.1. The molecular weight excluding hydrogens is 1100 g/mol. The van der Waals surface area contributed by atoms with Crippen molar-refractivity contribution in [1.82, 2.24) is 9.97 Å². The third kappa shape index (κ3) is 8.13. The first kappa shape index (κ1) is 52.6. The van der Waals surface area contributed by atoms with Crippen LogP contribution >= 0.6 is 22.7 Å².